The summed E-state index contributed by atoms with van der Waals surface area (Å²) in [6.45, 7) is 5.52. The van der Waals surface area contributed by atoms with Crippen LogP contribution in [0, 0.1) is 6.92 Å². The van der Waals surface area contributed by atoms with E-state index in [-0.39, 0.29) is 6.04 Å². The highest BCUT2D eigenvalue weighted by Gasteiger charge is 2.06. The SMILES string of the molecule is C=CCC(N)c1ccc(C)o1. The van der Waals surface area contributed by atoms with Gasteiger partial charge in [-0.1, -0.05) is 6.08 Å². The van der Waals surface area contributed by atoms with Crippen molar-refractivity contribution in [2.24, 2.45) is 5.73 Å². The molecular weight excluding hydrogens is 138 g/mol. The number of furan rings is 1. The molecule has 1 rings (SSSR count). The fourth-order valence-corrected chi connectivity index (χ4v) is 0.948. The summed E-state index contributed by atoms with van der Waals surface area (Å²) >= 11 is 0. The van der Waals surface area contributed by atoms with E-state index in [2.05, 4.69) is 6.58 Å². The van der Waals surface area contributed by atoms with E-state index in [9.17, 15) is 0 Å². The summed E-state index contributed by atoms with van der Waals surface area (Å²) < 4.78 is 5.33. The van der Waals surface area contributed by atoms with Gasteiger partial charge in [-0.3, -0.25) is 0 Å². The number of aryl methyl sites for hydroxylation is 1. The number of rotatable bonds is 3. The average molecular weight is 151 g/mol. The molecule has 1 atom stereocenters. The van der Waals surface area contributed by atoms with Crippen LogP contribution in [0.2, 0.25) is 0 Å². The Kier molecular flexibility index (Phi) is 2.49. The minimum atomic E-state index is -0.0406. The maximum Gasteiger partial charge on any atom is 0.121 e. The quantitative estimate of drug-likeness (QED) is 0.672. The summed E-state index contributed by atoms with van der Waals surface area (Å²) in [6.07, 6.45) is 2.55. The van der Waals surface area contributed by atoms with Crippen LogP contribution in [-0.4, -0.2) is 0 Å². The summed E-state index contributed by atoms with van der Waals surface area (Å²) in [5.41, 5.74) is 5.75. The molecule has 60 valence electrons. The maximum atomic E-state index is 5.75. The van der Waals surface area contributed by atoms with Crippen LogP contribution in [0.4, 0.5) is 0 Å². The lowest BCUT2D eigenvalue weighted by molar-refractivity contribution is 0.447. The molecule has 0 aliphatic heterocycles. The predicted octanol–water partition coefficient (Wildman–Crippen LogP) is 2.16. The van der Waals surface area contributed by atoms with Crippen molar-refractivity contribution in [3.63, 3.8) is 0 Å². The van der Waals surface area contributed by atoms with Crippen LogP contribution < -0.4 is 5.73 Å². The Bertz CT molecular complexity index is 239. The zero-order valence-corrected chi connectivity index (χ0v) is 6.71. The van der Waals surface area contributed by atoms with Crippen LogP contribution in [-0.2, 0) is 0 Å². The molecule has 2 heteroatoms. The van der Waals surface area contributed by atoms with Crippen LogP contribution in [0.3, 0.4) is 0 Å². The molecule has 11 heavy (non-hydrogen) atoms. The zero-order valence-electron chi connectivity index (χ0n) is 6.71. The molecule has 2 nitrogen and oxygen atoms in total. The van der Waals surface area contributed by atoms with Gasteiger partial charge >= 0.3 is 0 Å². The van der Waals surface area contributed by atoms with Crippen molar-refractivity contribution in [3.8, 4) is 0 Å². The first kappa shape index (κ1) is 8.08. The molecule has 1 aromatic rings. The van der Waals surface area contributed by atoms with Crippen LogP contribution >= 0.6 is 0 Å². The summed E-state index contributed by atoms with van der Waals surface area (Å²) in [5, 5.41) is 0. The van der Waals surface area contributed by atoms with E-state index in [0.29, 0.717) is 0 Å². The van der Waals surface area contributed by atoms with Gasteiger partial charge in [0.25, 0.3) is 0 Å². The highest BCUT2D eigenvalue weighted by atomic mass is 16.3. The van der Waals surface area contributed by atoms with Gasteiger partial charge in [0.05, 0.1) is 6.04 Å². The normalized spacial score (nSPS) is 12.9. The second-order valence-electron chi connectivity index (χ2n) is 2.58. The molecular formula is C9H13NO. The van der Waals surface area contributed by atoms with Gasteiger partial charge in [-0.05, 0) is 25.5 Å². The fraction of sp³-hybridized carbons (Fsp3) is 0.333. The Morgan fingerprint density at radius 1 is 1.73 bits per heavy atom. The Morgan fingerprint density at radius 2 is 2.45 bits per heavy atom. The van der Waals surface area contributed by atoms with E-state index in [1.807, 2.05) is 19.1 Å². The molecule has 0 spiro atoms. The van der Waals surface area contributed by atoms with E-state index in [0.717, 1.165) is 17.9 Å². The van der Waals surface area contributed by atoms with Crippen LogP contribution in [0.5, 0.6) is 0 Å². The molecule has 0 aromatic carbocycles. The van der Waals surface area contributed by atoms with Crippen molar-refractivity contribution in [2.75, 3.05) is 0 Å². The topological polar surface area (TPSA) is 39.2 Å². The first-order valence-electron chi connectivity index (χ1n) is 3.67. The van der Waals surface area contributed by atoms with Gasteiger partial charge < -0.3 is 10.2 Å². The molecule has 1 aromatic heterocycles. The molecule has 0 aliphatic carbocycles. The van der Waals surface area contributed by atoms with Crippen molar-refractivity contribution in [1.82, 2.24) is 0 Å². The summed E-state index contributed by atoms with van der Waals surface area (Å²) in [4.78, 5) is 0. The largest absolute Gasteiger partial charge is 0.465 e. The average Bonchev–Trinajstić information content (AvgIpc) is 2.36. The molecule has 0 amide bonds. The Labute approximate surface area is 66.7 Å². The molecule has 0 radical (unpaired) electrons. The van der Waals surface area contributed by atoms with Gasteiger partial charge in [0.1, 0.15) is 11.5 Å². The summed E-state index contributed by atoms with van der Waals surface area (Å²) in [7, 11) is 0. The minimum Gasteiger partial charge on any atom is -0.465 e. The van der Waals surface area contributed by atoms with Gasteiger partial charge in [0.2, 0.25) is 0 Å². The lowest BCUT2D eigenvalue weighted by Gasteiger charge is -2.03. The van der Waals surface area contributed by atoms with Crippen LogP contribution in [0.15, 0.2) is 29.2 Å². The van der Waals surface area contributed by atoms with Gasteiger partial charge in [-0.25, -0.2) is 0 Å². The molecule has 0 bridgehead atoms. The first-order valence-corrected chi connectivity index (χ1v) is 3.67. The first-order chi connectivity index (χ1) is 5.24. The highest BCUT2D eigenvalue weighted by Crippen LogP contribution is 2.16. The molecule has 0 aliphatic rings. The van der Waals surface area contributed by atoms with Gasteiger partial charge in [0, 0.05) is 0 Å². The Balaban J connectivity index is 2.67. The second kappa shape index (κ2) is 3.39. The monoisotopic (exact) mass is 151 g/mol. The van der Waals surface area contributed by atoms with Crippen molar-refractivity contribution < 1.29 is 4.42 Å². The molecule has 0 fully saturated rings. The lowest BCUT2D eigenvalue weighted by atomic mass is 10.2. The molecule has 0 saturated carbocycles. The highest BCUT2D eigenvalue weighted by molar-refractivity contribution is 5.09. The number of hydrogen-bond donors (Lipinski definition) is 1. The maximum absolute atomic E-state index is 5.75. The third-order valence-corrected chi connectivity index (χ3v) is 1.55. The summed E-state index contributed by atoms with van der Waals surface area (Å²) in [5.74, 6) is 1.74. The van der Waals surface area contributed by atoms with Crippen molar-refractivity contribution >= 4 is 0 Å². The third kappa shape index (κ3) is 1.95. The summed E-state index contributed by atoms with van der Waals surface area (Å²) in [6, 6.07) is 3.78. The Hall–Kier alpha value is -1.02. The third-order valence-electron chi connectivity index (χ3n) is 1.55. The fourth-order valence-electron chi connectivity index (χ4n) is 0.948. The Morgan fingerprint density at radius 3 is 2.91 bits per heavy atom. The van der Waals surface area contributed by atoms with E-state index in [4.69, 9.17) is 10.2 Å². The second-order valence-corrected chi connectivity index (χ2v) is 2.58. The lowest BCUT2D eigenvalue weighted by Crippen LogP contribution is -2.07. The number of hydrogen-bond acceptors (Lipinski definition) is 2. The van der Waals surface area contributed by atoms with Crippen molar-refractivity contribution in [2.45, 2.75) is 19.4 Å². The molecule has 2 N–H and O–H groups in total. The molecule has 1 heterocycles. The van der Waals surface area contributed by atoms with E-state index >= 15 is 0 Å². The van der Waals surface area contributed by atoms with Gasteiger partial charge in [0.15, 0.2) is 0 Å². The smallest absolute Gasteiger partial charge is 0.121 e. The molecule has 1 unspecified atom stereocenters. The van der Waals surface area contributed by atoms with Crippen molar-refractivity contribution in [3.05, 3.63) is 36.3 Å². The minimum absolute atomic E-state index is 0.0406. The van der Waals surface area contributed by atoms with Crippen molar-refractivity contribution in [1.29, 1.82) is 0 Å². The van der Waals surface area contributed by atoms with E-state index in [1.54, 1.807) is 6.08 Å². The zero-order chi connectivity index (χ0) is 8.27. The predicted molar refractivity (Wildman–Crippen MR) is 45.2 cm³/mol. The standard InChI is InChI=1S/C9H13NO/c1-3-4-8(10)9-6-5-7(2)11-9/h3,5-6,8H,1,4,10H2,2H3. The van der Waals surface area contributed by atoms with Gasteiger partial charge in [-0.15, -0.1) is 6.58 Å². The van der Waals surface area contributed by atoms with Gasteiger partial charge in [-0.2, -0.15) is 0 Å². The van der Waals surface area contributed by atoms with E-state index < -0.39 is 0 Å². The van der Waals surface area contributed by atoms with Crippen LogP contribution in [0.25, 0.3) is 0 Å². The number of nitrogens with two attached hydrogens (primary N) is 1. The molecule has 0 saturated heterocycles. The van der Waals surface area contributed by atoms with Crippen LogP contribution in [0.1, 0.15) is 24.0 Å². The van der Waals surface area contributed by atoms with E-state index in [1.165, 1.54) is 0 Å².